The van der Waals surface area contributed by atoms with E-state index < -0.39 is 9.84 Å². The lowest BCUT2D eigenvalue weighted by molar-refractivity contribution is 0.600. The van der Waals surface area contributed by atoms with Crippen LogP contribution in [0.4, 0.5) is 0 Å². The first-order valence-corrected chi connectivity index (χ1v) is 11.6. The zero-order valence-electron chi connectivity index (χ0n) is 17.4. The molecule has 0 bridgehead atoms. The first kappa shape index (κ1) is 25.4. The van der Waals surface area contributed by atoms with Crippen LogP contribution in [0, 0.1) is 6.92 Å². The number of nitrogens with zero attached hydrogens (tertiary/aromatic N) is 3. The van der Waals surface area contributed by atoms with Gasteiger partial charge in [0.25, 0.3) is 0 Å². The van der Waals surface area contributed by atoms with Gasteiger partial charge in [0.2, 0.25) is 0 Å². The number of hydrogen-bond donors (Lipinski definition) is 2. The van der Waals surface area contributed by atoms with Gasteiger partial charge < -0.3 is 15.2 Å². The van der Waals surface area contributed by atoms with Gasteiger partial charge >= 0.3 is 0 Å². The number of nitrogens with one attached hydrogen (secondary N) is 2. The van der Waals surface area contributed by atoms with Crippen molar-refractivity contribution in [2.24, 2.45) is 4.99 Å². The number of aryl methyl sites for hydroxylation is 2. The summed E-state index contributed by atoms with van der Waals surface area (Å²) in [5, 5.41) is 6.59. The van der Waals surface area contributed by atoms with E-state index in [0.29, 0.717) is 4.90 Å². The lowest BCUT2D eigenvalue weighted by atomic mass is 10.1. The van der Waals surface area contributed by atoms with Crippen LogP contribution in [0.2, 0.25) is 0 Å². The number of benzene rings is 1. The third-order valence-corrected chi connectivity index (χ3v) is 5.53. The molecular formula is C20H32IN5O2S. The van der Waals surface area contributed by atoms with Crippen molar-refractivity contribution < 1.29 is 8.42 Å². The first-order valence-electron chi connectivity index (χ1n) is 9.69. The van der Waals surface area contributed by atoms with Crippen LogP contribution in [0.15, 0.2) is 46.5 Å². The molecule has 0 radical (unpaired) electrons. The molecule has 0 saturated heterocycles. The number of aliphatic imine (C=N–C) groups is 1. The summed E-state index contributed by atoms with van der Waals surface area (Å²) in [4.78, 5) is 9.20. The maximum Gasteiger partial charge on any atom is 0.191 e. The molecule has 0 fully saturated rings. The Morgan fingerprint density at radius 2 is 1.90 bits per heavy atom. The number of rotatable bonds is 10. The minimum atomic E-state index is -3.14. The molecular weight excluding hydrogens is 501 g/mol. The second-order valence-corrected chi connectivity index (χ2v) is 8.74. The van der Waals surface area contributed by atoms with E-state index in [-0.39, 0.29) is 24.0 Å². The van der Waals surface area contributed by atoms with E-state index in [2.05, 4.69) is 25.2 Å². The highest BCUT2D eigenvalue weighted by Gasteiger charge is 2.06. The van der Waals surface area contributed by atoms with Gasteiger partial charge in [-0.25, -0.2) is 13.4 Å². The molecule has 0 aliphatic heterocycles. The molecule has 1 heterocycles. The van der Waals surface area contributed by atoms with Crippen LogP contribution in [0.1, 0.15) is 31.2 Å². The molecule has 0 aliphatic carbocycles. The molecule has 0 aliphatic rings. The fourth-order valence-corrected chi connectivity index (χ4v) is 3.43. The van der Waals surface area contributed by atoms with E-state index in [1.54, 1.807) is 12.1 Å². The zero-order chi connectivity index (χ0) is 20.4. The molecule has 162 valence electrons. The fourth-order valence-electron chi connectivity index (χ4n) is 2.80. The van der Waals surface area contributed by atoms with Crippen molar-refractivity contribution in [2.75, 3.05) is 25.9 Å². The average molecular weight is 533 g/mol. The molecule has 29 heavy (non-hydrogen) atoms. The molecule has 2 N–H and O–H groups in total. The third-order valence-electron chi connectivity index (χ3n) is 4.40. The minimum absolute atomic E-state index is 0. The second-order valence-electron chi connectivity index (χ2n) is 6.73. The Balaban J connectivity index is 0.00000420. The summed E-state index contributed by atoms with van der Waals surface area (Å²) in [6.07, 6.45) is 7.93. The smallest absolute Gasteiger partial charge is 0.191 e. The van der Waals surface area contributed by atoms with Crippen molar-refractivity contribution in [3.63, 3.8) is 0 Å². The average Bonchev–Trinajstić information content (AvgIpc) is 3.06. The number of unbranched alkanes of at least 4 members (excludes halogenated alkanes) is 1. The lowest BCUT2D eigenvalue weighted by Crippen LogP contribution is -2.38. The molecule has 0 atom stereocenters. The van der Waals surface area contributed by atoms with Gasteiger partial charge in [-0.2, -0.15) is 0 Å². The van der Waals surface area contributed by atoms with Gasteiger partial charge in [0.1, 0.15) is 5.82 Å². The Bertz CT molecular complexity index is 863. The number of imidazole rings is 1. The van der Waals surface area contributed by atoms with Crippen molar-refractivity contribution in [3.8, 4) is 0 Å². The summed E-state index contributed by atoms with van der Waals surface area (Å²) in [5.41, 5.74) is 1.09. The summed E-state index contributed by atoms with van der Waals surface area (Å²) in [5.74, 6) is 1.86. The molecule has 2 rings (SSSR count). The lowest BCUT2D eigenvalue weighted by Gasteiger charge is -2.11. The molecule has 0 unspecified atom stereocenters. The van der Waals surface area contributed by atoms with Crippen molar-refractivity contribution in [1.82, 2.24) is 20.2 Å². The van der Waals surface area contributed by atoms with Crippen molar-refractivity contribution >= 4 is 39.8 Å². The molecule has 1 aromatic carbocycles. The van der Waals surface area contributed by atoms with Gasteiger partial charge in [-0.3, -0.25) is 4.99 Å². The van der Waals surface area contributed by atoms with Crippen LogP contribution in [0.5, 0.6) is 0 Å². The van der Waals surface area contributed by atoms with Gasteiger partial charge in [0, 0.05) is 44.8 Å². The number of sulfone groups is 1. The number of hydrogen-bond acceptors (Lipinski definition) is 4. The number of halogens is 1. The maximum absolute atomic E-state index is 11.5. The Morgan fingerprint density at radius 3 is 2.48 bits per heavy atom. The first-order chi connectivity index (χ1) is 13.4. The molecule has 9 heteroatoms. The summed E-state index contributed by atoms with van der Waals surface area (Å²) >= 11 is 0. The highest BCUT2D eigenvalue weighted by Crippen LogP contribution is 2.10. The van der Waals surface area contributed by atoms with E-state index in [0.717, 1.165) is 62.8 Å². The Morgan fingerprint density at radius 1 is 1.17 bits per heavy atom. The van der Waals surface area contributed by atoms with Gasteiger partial charge in [-0.05, 0) is 50.8 Å². The van der Waals surface area contributed by atoms with E-state index >= 15 is 0 Å². The van der Waals surface area contributed by atoms with Crippen LogP contribution < -0.4 is 10.6 Å². The quantitative estimate of drug-likeness (QED) is 0.212. The Labute approximate surface area is 191 Å². The van der Waals surface area contributed by atoms with Gasteiger partial charge in [0.15, 0.2) is 15.8 Å². The second kappa shape index (κ2) is 12.8. The molecule has 7 nitrogen and oxygen atoms in total. The molecule has 1 aromatic heterocycles. The molecule has 2 aromatic rings. The van der Waals surface area contributed by atoms with E-state index in [9.17, 15) is 8.42 Å². The predicted molar refractivity (Wildman–Crippen MR) is 129 cm³/mol. The van der Waals surface area contributed by atoms with Crippen LogP contribution in [0.3, 0.4) is 0 Å². The molecule has 0 amide bonds. The standard InChI is InChI=1S/C20H31N5O2S.HI/c1-4-21-20(23-12-5-6-15-25-16-14-22-17(25)2)24-13-11-18-7-9-19(10-8-18)28(3,26)27;/h7-10,14,16H,4-6,11-13,15H2,1-3H3,(H2,21,23,24);1H. The maximum atomic E-state index is 11.5. The minimum Gasteiger partial charge on any atom is -0.357 e. The van der Waals surface area contributed by atoms with Crippen molar-refractivity contribution in [3.05, 3.63) is 48.0 Å². The summed E-state index contributed by atoms with van der Waals surface area (Å²) < 4.78 is 25.2. The SMILES string of the molecule is CCNC(=NCCCCn1ccnc1C)NCCc1ccc(S(C)(=O)=O)cc1.I. The van der Waals surface area contributed by atoms with Crippen LogP contribution in [-0.4, -0.2) is 49.8 Å². The summed E-state index contributed by atoms with van der Waals surface area (Å²) in [7, 11) is -3.14. The monoisotopic (exact) mass is 533 g/mol. The van der Waals surface area contributed by atoms with Crippen LogP contribution >= 0.6 is 24.0 Å². The van der Waals surface area contributed by atoms with Crippen LogP contribution in [0.25, 0.3) is 0 Å². The normalized spacial score (nSPS) is 11.8. The number of aromatic nitrogens is 2. The summed E-state index contributed by atoms with van der Waals surface area (Å²) in [6, 6.07) is 7.04. The van der Waals surface area contributed by atoms with Gasteiger partial charge in [0.05, 0.1) is 4.90 Å². The van der Waals surface area contributed by atoms with Gasteiger partial charge in [-0.15, -0.1) is 24.0 Å². The van der Waals surface area contributed by atoms with E-state index in [1.807, 2.05) is 38.4 Å². The largest absolute Gasteiger partial charge is 0.357 e. The molecule has 0 spiro atoms. The van der Waals surface area contributed by atoms with E-state index in [4.69, 9.17) is 0 Å². The van der Waals surface area contributed by atoms with Crippen LogP contribution in [-0.2, 0) is 22.8 Å². The number of guanidine groups is 1. The fraction of sp³-hybridized carbons (Fsp3) is 0.500. The van der Waals surface area contributed by atoms with E-state index in [1.165, 1.54) is 6.26 Å². The highest BCUT2D eigenvalue weighted by atomic mass is 127. The highest BCUT2D eigenvalue weighted by molar-refractivity contribution is 14.0. The predicted octanol–water partition coefficient (Wildman–Crippen LogP) is 2.79. The topological polar surface area (TPSA) is 88.4 Å². The van der Waals surface area contributed by atoms with Crippen molar-refractivity contribution in [1.29, 1.82) is 0 Å². The Hall–Kier alpha value is -1.62. The van der Waals surface area contributed by atoms with Gasteiger partial charge in [-0.1, -0.05) is 12.1 Å². The third kappa shape index (κ3) is 9.16. The Kier molecular flexibility index (Phi) is 11.3. The molecule has 0 saturated carbocycles. The summed E-state index contributed by atoms with van der Waals surface area (Å²) in [6.45, 7) is 7.34. The zero-order valence-corrected chi connectivity index (χ0v) is 20.5. The van der Waals surface area contributed by atoms with Crippen molar-refractivity contribution in [2.45, 2.75) is 44.6 Å².